The van der Waals surface area contributed by atoms with Gasteiger partial charge >= 0.3 is 11.9 Å². The standard InChI is InChI=1S/2C28H30Cl2N2O6S/c2*1-28(2,3)39(36,37)15-22(16-4-5-16)32-25(17-8-10-20(29)11-9-17)26(38-23(27(32)35)13-24(33)34)18-6-7-19(14-31)21(30)12-18/h2*6-12,16,22-23,25-26H,4-5,13,15H2,1-3H3,(H,33,34)/t22-,23+,25-,26-;22-,23-,25-,26-/m11/s1. The third-order valence-electron chi connectivity index (χ3n) is 14.6. The van der Waals surface area contributed by atoms with E-state index >= 15 is 0 Å². The lowest BCUT2D eigenvalue weighted by Gasteiger charge is -2.48. The molecule has 4 aromatic carbocycles. The summed E-state index contributed by atoms with van der Waals surface area (Å²) in [6, 6.07) is 24.2. The Morgan fingerprint density at radius 2 is 0.885 bits per heavy atom. The first-order valence-electron chi connectivity index (χ1n) is 25.2. The summed E-state index contributed by atoms with van der Waals surface area (Å²) in [7, 11) is -7.31. The van der Waals surface area contributed by atoms with Crippen LogP contribution in [0.5, 0.6) is 0 Å². The molecule has 0 unspecified atom stereocenters. The van der Waals surface area contributed by atoms with E-state index in [4.69, 9.17) is 55.9 Å². The fraction of sp³-hybridized carbons (Fsp3) is 0.464. The van der Waals surface area contributed by atoms with Gasteiger partial charge in [-0.1, -0.05) is 82.8 Å². The number of rotatable bonds is 16. The number of nitrogens with zero attached hydrogens (tertiary/aromatic N) is 4. The number of benzene rings is 4. The molecule has 4 fully saturated rings. The topological polar surface area (TPSA) is 250 Å². The van der Waals surface area contributed by atoms with Crippen LogP contribution < -0.4 is 0 Å². The van der Waals surface area contributed by atoms with Gasteiger partial charge in [0.05, 0.1) is 67.1 Å². The molecular formula is C56H60Cl4N4O12S2. The van der Waals surface area contributed by atoms with Gasteiger partial charge in [-0.3, -0.25) is 19.2 Å². The van der Waals surface area contributed by atoms with Gasteiger partial charge < -0.3 is 29.5 Å². The van der Waals surface area contributed by atoms with E-state index in [1.54, 1.807) is 114 Å². The monoisotopic (exact) mass is 1180 g/mol. The second-order valence-corrected chi connectivity index (χ2v) is 29.3. The Bertz CT molecular complexity index is 3040. The molecule has 22 heteroatoms. The number of amides is 2. The first-order chi connectivity index (χ1) is 36.5. The highest BCUT2D eigenvalue weighted by molar-refractivity contribution is 7.93. The van der Waals surface area contributed by atoms with Gasteiger partial charge in [-0.05, 0) is 150 Å². The van der Waals surface area contributed by atoms with Crippen LogP contribution in [0, 0.1) is 34.5 Å². The number of hydrogen-bond donors (Lipinski definition) is 2. The molecule has 2 saturated carbocycles. The predicted octanol–water partition coefficient (Wildman–Crippen LogP) is 10.7. The van der Waals surface area contributed by atoms with E-state index in [0.717, 1.165) is 25.7 Å². The molecule has 4 aliphatic rings. The summed E-state index contributed by atoms with van der Waals surface area (Å²) in [5.74, 6) is -4.25. The average molecular weight is 1190 g/mol. The van der Waals surface area contributed by atoms with Crippen molar-refractivity contribution < 1.29 is 55.7 Å². The number of sulfone groups is 2. The van der Waals surface area contributed by atoms with Crippen LogP contribution in [0.3, 0.4) is 0 Å². The third kappa shape index (κ3) is 13.6. The number of aliphatic carboxylic acids is 2. The molecule has 16 nitrogen and oxygen atoms in total. The number of carbonyl (C=O) groups excluding carboxylic acids is 2. The molecule has 2 saturated heterocycles. The molecule has 78 heavy (non-hydrogen) atoms. The minimum atomic E-state index is -3.65. The molecule has 4 aromatic rings. The zero-order valence-corrected chi connectivity index (χ0v) is 48.3. The van der Waals surface area contributed by atoms with E-state index in [-0.39, 0.29) is 44.5 Å². The zero-order chi connectivity index (χ0) is 57.4. The molecule has 416 valence electrons. The molecule has 2 aliphatic carbocycles. The quantitative estimate of drug-likeness (QED) is 0.106. The highest BCUT2D eigenvalue weighted by Crippen LogP contribution is 2.51. The van der Waals surface area contributed by atoms with Crippen molar-refractivity contribution in [2.75, 3.05) is 11.5 Å². The number of hydrogen-bond acceptors (Lipinski definition) is 12. The van der Waals surface area contributed by atoms with Crippen molar-refractivity contribution in [2.24, 2.45) is 11.8 Å². The molecule has 2 aliphatic heterocycles. The lowest BCUT2D eigenvalue weighted by atomic mass is 9.89. The smallest absolute Gasteiger partial charge is 0.306 e. The van der Waals surface area contributed by atoms with Gasteiger partial charge in [0.1, 0.15) is 36.6 Å². The number of ether oxygens (including phenoxy) is 2. The number of nitriles is 2. The van der Waals surface area contributed by atoms with E-state index in [0.29, 0.717) is 32.3 Å². The number of carbonyl (C=O) groups is 4. The summed E-state index contributed by atoms with van der Waals surface area (Å²) in [6.07, 6.45) is -2.65. The molecule has 2 heterocycles. The molecular weight excluding hydrogens is 1130 g/mol. The zero-order valence-electron chi connectivity index (χ0n) is 43.6. The van der Waals surface area contributed by atoms with Crippen LogP contribution in [0.25, 0.3) is 0 Å². The maximum Gasteiger partial charge on any atom is 0.306 e. The van der Waals surface area contributed by atoms with E-state index in [2.05, 4.69) is 0 Å². The predicted molar refractivity (Wildman–Crippen MR) is 294 cm³/mol. The SMILES string of the molecule is CC(C)(C)S(=O)(=O)C[C@H](C1CC1)N1C(=O)[C@@H](CC(=O)O)O[C@H](c2ccc(C#N)c(Cl)c2)[C@H]1c1ccc(Cl)cc1.CC(C)(C)S(=O)(=O)C[C@H](C1CC1)N1C(=O)[C@H](CC(=O)O)O[C@H](c2ccc(C#N)c(Cl)c2)[C@H]1c1ccc(Cl)cc1. The Labute approximate surface area is 474 Å². The first-order valence-corrected chi connectivity index (χ1v) is 30.0. The van der Waals surface area contributed by atoms with Gasteiger partial charge in [0.2, 0.25) is 0 Å². The number of morpholine rings is 2. The molecule has 8 rings (SSSR count). The van der Waals surface area contributed by atoms with Gasteiger partial charge in [-0.15, -0.1) is 0 Å². The van der Waals surface area contributed by atoms with Crippen molar-refractivity contribution in [3.8, 4) is 12.1 Å². The van der Waals surface area contributed by atoms with E-state index < -0.39 is 114 Å². The van der Waals surface area contributed by atoms with Crippen LogP contribution >= 0.6 is 46.4 Å². The van der Waals surface area contributed by atoms with Crippen molar-refractivity contribution >= 4 is 89.8 Å². The average Bonchev–Trinajstić information content (AvgIpc) is 4.34. The van der Waals surface area contributed by atoms with Crippen molar-refractivity contribution in [2.45, 2.75) is 138 Å². The molecule has 0 aromatic heterocycles. The fourth-order valence-electron chi connectivity index (χ4n) is 9.75. The van der Waals surface area contributed by atoms with Gasteiger partial charge in [-0.2, -0.15) is 10.5 Å². The maximum absolute atomic E-state index is 14.0. The summed E-state index contributed by atoms with van der Waals surface area (Å²) in [6.45, 7) is 9.74. The van der Waals surface area contributed by atoms with Gasteiger partial charge in [0.25, 0.3) is 11.8 Å². The third-order valence-corrected chi connectivity index (χ3v) is 21.0. The van der Waals surface area contributed by atoms with E-state index in [1.165, 1.54) is 21.9 Å². The second-order valence-electron chi connectivity index (χ2n) is 22.1. The number of carboxylic acids is 2. The van der Waals surface area contributed by atoms with Gasteiger partial charge in [0, 0.05) is 22.1 Å². The molecule has 0 bridgehead atoms. The first kappa shape index (κ1) is 60.4. The Morgan fingerprint density at radius 1 is 0.577 bits per heavy atom. The Hall–Kier alpha value is -5.28. The van der Waals surface area contributed by atoms with E-state index in [9.17, 15) is 56.8 Å². The molecule has 2 amide bonds. The Kier molecular flexibility index (Phi) is 18.4. The molecule has 0 radical (unpaired) electrons. The van der Waals surface area contributed by atoms with Crippen LogP contribution in [0.15, 0.2) is 84.9 Å². The van der Waals surface area contributed by atoms with Gasteiger partial charge in [0.15, 0.2) is 19.7 Å². The normalized spacial score (nSPS) is 22.8. The lowest BCUT2D eigenvalue weighted by molar-refractivity contribution is -0.183. The van der Waals surface area contributed by atoms with Crippen LogP contribution in [0.2, 0.25) is 20.1 Å². The fourth-order valence-corrected chi connectivity index (χ4v) is 13.2. The largest absolute Gasteiger partial charge is 0.481 e. The van der Waals surface area contributed by atoms with Crippen LogP contribution in [0.1, 0.15) is 138 Å². The maximum atomic E-state index is 14.0. The minimum absolute atomic E-state index is 0.0605. The molecule has 8 atom stereocenters. The summed E-state index contributed by atoms with van der Waals surface area (Å²) in [5, 5.41) is 39.2. The second kappa shape index (κ2) is 23.8. The Balaban J connectivity index is 0.000000226. The van der Waals surface area contributed by atoms with Crippen LogP contribution in [-0.2, 0) is 48.3 Å². The van der Waals surface area contributed by atoms with Crippen LogP contribution in [0.4, 0.5) is 0 Å². The summed E-state index contributed by atoms with van der Waals surface area (Å²) < 4.78 is 64.0. The van der Waals surface area contributed by atoms with E-state index in [1.807, 2.05) is 12.1 Å². The molecule has 0 spiro atoms. The summed E-state index contributed by atoms with van der Waals surface area (Å²) in [5.41, 5.74) is 2.85. The van der Waals surface area contributed by atoms with Gasteiger partial charge in [-0.25, -0.2) is 16.8 Å². The molecule has 2 N–H and O–H groups in total. The highest BCUT2D eigenvalue weighted by atomic mass is 35.5. The highest BCUT2D eigenvalue weighted by Gasteiger charge is 2.54. The van der Waals surface area contributed by atoms with Crippen molar-refractivity contribution in [3.05, 3.63) is 138 Å². The number of carboxylic acid groups (broad SMARTS) is 2. The summed E-state index contributed by atoms with van der Waals surface area (Å²) >= 11 is 25.0. The van der Waals surface area contributed by atoms with Crippen molar-refractivity contribution in [3.63, 3.8) is 0 Å². The summed E-state index contributed by atoms with van der Waals surface area (Å²) in [4.78, 5) is 54.6. The number of halogens is 4. The minimum Gasteiger partial charge on any atom is -0.481 e. The van der Waals surface area contributed by atoms with Crippen LogP contribution in [-0.4, -0.2) is 106 Å². The van der Waals surface area contributed by atoms with Crippen molar-refractivity contribution in [1.82, 2.24) is 9.80 Å². The lowest BCUT2D eigenvalue weighted by Crippen LogP contribution is -2.58. The van der Waals surface area contributed by atoms with Crippen molar-refractivity contribution in [1.29, 1.82) is 10.5 Å². The Morgan fingerprint density at radius 3 is 1.14 bits per heavy atom.